The van der Waals surface area contributed by atoms with Crippen molar-refractivity contribution in [2.24, 2.45) is 0 Å². The van der Waals surface area contributed by atoms with Crippen LogP contribution in [0.2, 0.25) is 0 Å². The second-order valence-electron chi connectivity index (χ2n) is 4.69. The lowest BCUT2D eigenvalue weighted by atomic mass is 10.1. The van der Waals surface area contributed by atoms with Gasteiger partial charge in [-0.05, 0) is 38.1 Å². The topological polar surface area (TPSA) is 32.7 Å². The third-order valence-electron chi connectivity index (χ3n) is 3.35. The lowest BCUT2D eigenvalue weighted by Crippen LogP contribution is -2.29. The molecule has 1 N–H and O–H groups in total. The fourth-order valence-electron chi connectivity index (χ4n) is 2.26. The number of hydrogen-bond acceptors (Lipinski definition) is 3. The Hall–Kier alpha value is -1.48. The molecule has 0 aromatic heterocycles. The summed E-state index contributed by atoms with van der Waals surface area (Å²) in [4.78, 5) is 2.45. The van der Waals surface area contributed by atoms with E-state index in [9.17, 15) is 5.11 Å². The van der Waals surface area contributed by atoms with E-state index in [-0.39, 0.29) is 5.75 Å². The smallest absolute Gasteiger partial charge is 0.126 e. The number of hydrogen-bond donors (Lipinski definition) is 1. The van der Waals surface area contributed by atoms with Crippen LogP contribution in [0.25, 0.3) is 6.08 Å². The van der Waals surface area contributed by atoms with Crippen LogP contribution in [0, 0.1) is 0 Å². The summed E-state index contributed by atoms with van der Waals surface area (Å²) in [5, 5.41) is 9.81. The van der Waals surface area contributed by atoms with Crippen molar-refractivity contribution in [2.45, 2.75) is 19.3 Å². The molecule has 0 radical (unpaired) electrons. The summed E-state index contributed by atoms with van der Waals surface area (Å²) in [6, 6.07) is 5.38. The molecule has 0 saturated carbocycles. The molecule has 18 heavy (non-hydrogen) atoms. The maximum atomic E-state index is 9.81. The normalized spacial score (nSPS) is 17.2. The van der Waals surface area contributed by atoms with Crippen molar-refractivity contribution in [3.63, 3.8) is 0 Å². The Morgan fingerprint density at radius 3 is 2.72 bits per heavy atom. The molecule has 0 amide bonds. The summed E-state index contributed by atoms with van der Waals surface area (Å²) in [5.74, 6) is 0.949. The van der Waals surface area contributed by atoms with Crippen LogP contribution in [0.3, 0.4) is 0 Å². The molecular weight excluding hydrogens is 226 g/mol. The molecule has 1 aliphatic heterocycles. The van der Waals surface area contributed by atoms with Crippen LogP contribution in [-0.4, -0.2) is 36.8 Å². The molecule has 1 saturated heterocycles. The second kappa shape index (κ2) is 6.45. The molecule has 0 spiro atoms. The number of likely N-dealkylation sites (tertiary alicyclic amines) is 1. The van der Waals surface area contributed by atoms with Crippen molar-refractivity contribution in [2.75, 3.05) is 26.7 Å². The lowest BCUT2D eigenvalue weighted by Gasteiger charge is -2.24. The minimum Gasteiger partial charge on any atom is -0.507 e. The van der Waals surface area contributed by atoms with Gasteiger partial charge in [0.1, 0.15) is 11.5 Å². The Labute approximate surface area is 109 Å². The summed E-state index contributed by atoms with van der Waals surface area (Å²) < 4.78 is 5.06. The maximum absolute atomic E-state index is 9.81. The number of ether oxygens (including phenoxy) is 1. The highest BCUT2D eigenvalue weighted by Crippen LogP contribution is 2.24. The van der Waals surface area contributed by atoms with Gasteiger partial charge in [0.25, 0.3) is 0 Å². The zero-order chi connectivity index (χ0) is 12.8. The SMILES string of the molecule is COc1ccc(/C=C/CN2CCCCC2)c(O)c1. The van der Waals surface area contributed by atoms with E-state index in [0.717, 1.165) is 12.1 Å². The predicted molar refractivity (Wildman–Crippen MR) is 74.0 cm³/mol. The molecule has 98 valence electrons. The minimum atomic E-state index is 0.268. The van der Waals surface area contributed by atoms with E-state index in [1.54, 1.807) is 13.2 Å². The highest BCUT2D eigenvalue weighted by Gasteiger charge is 2.07. The Balaban J connectivity index is 1.91. The number of nitrogens with zero attached hydrogens (tertiary/aromatic N) is 1. The first-order valence-corrected chi connectivity index (χ1v) is 6.55. The van der Waals surface area contributed by atoms with Gasteiger partial charge in [-0.15, -0.1) is 0 Å². The molecular formula is C15H21NO2. The van der Waals surface area contributed by atoms with E-state index in [4.69, 9.17) is 4.74 Å². The number of phenols is 1. The van der Waals surface area contributed by atoms with Crippen molar-refractivity contribution >= 4 is 6.08 Å². The van der Waals surface area contributed by atoms with Gasteiger partial charge in [-0.1, -0.05) is 18.6 Å². The van der Waals surface area contributed by atoms with Crippen LogP contribution >= 0.6 is 0 Å². The van der Waals surface area contributed by atoms with Crippen LogP contribution in [0.5, 0.6) is 11.5 Å². The molecule has 1 fully saturated rings. The van der Waals surface area contributed by atoms with E-state index in [0.29, 0.717) is 5.75 Å². The Morgan fingerprint density at radius 2 is 2.06 bits per heavy atom. The quantitative estimate of drug-likeness (QED) is 0.888. The van der Waals surface area contributed by atoms with Gasteiger partial charge >= 0.3 is 0 Å². The number of phenolic OH excluding ortho intramolecular Hbond substituents is 1. The summed E-state index contributed by atoms with van der Waals surface area (Å²) >= 11 is 0. The van der Waals surface area contributed by atoms with Crippen molar-refractivity contribution in [1.82, 2.24) is 4.90 Å². The van der Waals surface area contributed by atoms with Gasteiger partial charge in [0.2, 0.25) is 0 Å². The zero-order valence-corrected chi connectivity index (χ0v) is 10.9. The number of rotatable bonds is 4. The zero-order valence-electron chi connectivity index (χ0n) is 10.9. The number of aromatic hydroxyl groups is 1. The molecule has 0 aliphatic carbocycles. The van der Waals surface area contributed by atoms with Gasteiger partial charge in [-0.2, -0.15) is 0 Å². The van der Waals surface area contributed by atoms with Gasteiger partial charge in [-0.3, -0.25) is 4.90 Å². The third-order valence-corrected chi connectivity index (χ3v) is 3.35. The number of piperidine rings is 1. The van der Waals surface area contributed by atoms with Crippen LogP contribution in [0.1, 0.15) is 24.8 Å². The summed E-state index contributed by atoms with van der Waals surface area (Å²) in [6.45, 7) is 3.35. The molecule has 1 aromatic rings. The largest absolute Gasteiger partial charge is 0.507 e. The highest BCUT2D eigenvalue weighted by atomic mass is 16.5. The van der Waals surface area contributed by atoms with Crippen LogP contribution in [0.15, 0.2) is 24.3 Å². The molecule has 3 heteroatoms. The molecule has 1 aliphatic rings. The van der Waals surface area contributed by atoms with Gasteiger partial charge in [0.15, 0.2) is 0 Å². The third kappa shape index (κ3) is 3.50. The minimum absolute atomic E-state index is 0.268. The molecule has 2 rings (SSSR count). The summed E-state index contributed by atoms with van der Waals surface area (Å²) in [5.41, 5.74) is 0.841. The Kier molecular flexibility index (Phi) is 4.65. The first-order chi connectivity index (χ1) is 8.79. The molecule has 3 nitrogen and oxygen atoms in total. The van der Waals surface area contributed by atoms with Gasteiger partial charge in [-0.25, -0.2) is 0 Å². The van der Waals surface area contributed by atoms with Crippen molar-refractivity contribution < 1.29 is 9.84 Å². The van der Waals surface area contributed by atoms with Crippen LogP contribution in [0.4, 0.5) is 0 Å². The van der Waals surface area contributed by atoms with E-state index in [2.05, 4.69) is 11.0 Å². The lowest BCUT2D eigenvalue weighted by molar-refractivity contribution is 0.252. The van der Waals surface area contributed by atoms with Crippen molar-refractivity contribution in [3.05, 3.63) is 29.8 Å². The van der Waals surface area contributed by atoms with Gasteiger partial charge in [0, 0.05) is 18.2 Å². The molecule has 0 bridgehead atoms. The monoisotopic (exact) mass is 247 g/mol. The highest BCUT2D eigenvalue weighted by molar-refractivity contribution is 5.58. The summed E-state index contributed by atoms with van der Waals surface area (Å²) in [7, 11) is 1.60. The van der Waals surface area contributed by atoms with E-state index >= 15 is 0 Å². The first kappa shape index (κ1) is 13.0. The van der Waals surface area contributed by atoms with Gasteiger partial charge in [0.05, 0.1) is 7.11 Å². The van der Waals surface area contributed by atoms with Gasteiger partial charge < -0.3 is 9.84 Å². The fourth-order valence-corrected chi connectivity index (χ4v) is 2.26. The molecule has 1 aromatic carbocycles. The van der Waals surface area contributed by atoms with Crippen molar-refractivity contribution in [3.8, 4) is 11.5 Å². The average Bonchev–Trinajstić information content (AvgIpc) is 2.42. The van der Waals surface area contributed by atoms with E-state index in [1.165, 1.54) is 32.4 Å². The maximum Gasteiger partial charge on any atom is 0.126 e. The number of benzene rings is 1. The molecule has 1 heterocycles. The van der Waals surface area contributed by atoms with Crippen LogP contribution < -0.4 is 4.74 Å². The van der Waals surface area contributed by atoms with Crippen molar-refractivity contribution in [1.29, 1.82) is 0 Å². The Bertz CT molecular complexity index is 409. The summed E-state index contributed by atoms with van der Waals surface area (Å²) in [6.07, 6.45) is 8.07. The predicted octanol–water partition coefficient (Wildman–Crippen LogP) is 2.90. The second-order valence-corrected chi connectivity index (χ2v) is 4.69. The van der Waals surface area contributed by atoms with E-state index in [1.807, 2.05) is 18.2 Å². The molecule has 0 atom stereocenters. The average molecular weight is 247 g/mol. The first-order valence-electron chi connectivity index (χ1n) is 6.55. The van der Waals surface area contributed by atoms with Crippen LogP contribution in [-0.2, 0) is 0 Å². The number of methoxy groups -OCH3 is 1. The standard InChI is InChI=1S/C15H21NO2/c1-18-14-8-7-13(15(17)12-14)6-5-11-16-9-3-2-4-10-16/h5-8,12,17H,2-4,9-11H2,1H3/b6-5+. The fraction of sp³-hybridized carbons (Fsp3) is 0.467. The van der Waals surface area contributed by atoms with E-state index < -0.39 is 0 Å². The molecule has 0 unspecified atom stereocenters. The Morgan fingerprint density at radius 1 is 1.28 bits per heavy atom.